The van der Waals surface area contributed by atoms with Gasteiger partial charge in [-0.25, -0.2) is 0 Å². The van der Waals surface area contributed by atoms with Crippen molar-refractivity contribution in [1.29, 1.82) is 0 Å². The van der Waals surface area contributed by atoms with E-state index in [1.807, 2.05) is 24.3 Å². The third-order valence-corrected chi connectivity index (χ3v) is 1.49. The van der Waals surface area contributed by atoms with Crippen LogP contribution in [0.5, 0.6) is 0 Å². The number of benzene rings is 1. The zero-order chi connectivity index (χ0) is 8.10. The second-order valence-corrected chi connectivity index (χ2v) is 2.32. The van der Waals surface area contributed by atoms with Gasteiger partial charge in [0.1, 0.15) is 0 Å². The highest BCUT2D eigenvalue weighted by Gasteiger charge is 1.92. The van der Waals surface area contributed by atoms with Gasteiger partial charge in [0, 0.05) is 12.3 Å². The van der Waals surface area contributed by atoms with E-state index in [4.69, 9.17) is 10.9 Å². The quantitative estimate of drug-likeness (QED) is 0.437. The standard InChI is InChI=1S/C8H12N2O/c9-10-8-3-1-2-7(6-8)4-5-11/h1-3,6,10-11H,4-5,9H2. The molecule has 0 spiro atoms. The van der Waals surface area contributed by atoms with E-state index < -0.39 is 0 Å². The van der Waals surface area contributed by atoms with E-state index >= 15 is 0 Å². The number of rotatable bonds is 3. The molecule has 0 heterocycles. The summed E-state index contributed by atoms with van der Waals surface area (Å²) in [5, 5.41) is 8.63. The lowest BCUT2D eigenvalue weighted by Gasteiger charge is -2.01. The first-order valence-corrected chi connectivity index (χ1v) is 3.53. The molecule has 0 aliphatic rings. The molecule has 0 fully saturated rings. The minimum absolute atomic E-state index is 0.175. The Morgan fingerprint density at radius 2 is 2.27 bits per heavy atom. The van der Waals surface area contributed by atoms with Gasteiger partial charge in [0.2, 0.25) is 0 Å². The summed E-state index contributed by atoms with van der Waals surface area (Å²) >= 11 is 0. The fraction of sp³-hybridized carbons (Fsp3) is 0.250. The maximum atomic E-state index is 8.63. The number of anilines is 1. The van der Waals surface area contributed by atoms with E-state index in [-0.39, 0.29) is 6.61 Å². The third-order valence-electron chi connectivity index (χ3n) is 1.49. The minimum Gasteiger partial charge on any atom is -0.396 e. The van der Waals surface area contributed by atoms with Crippen LogP contribution in [0, 0.1) is 0 Å². The summed E-state index contributed by atoms with van der Waals surface area (Å²) in [4.78, 5) is 0. The highest BCUT2D eigenvalue weighted by atomic mass is 16.2. The van der Waals surface area contributed by atoms with Gasteiger partial charge in [-0.15, -0.1) is 0 Å². The van der Waals surface area contributed by atoms with Gasteiger partial charge in [-0.05, 0) is 24.1 Å². The summed E-state index contributed by atoms with van der Waals surface area (Å²) in [6, 6.07) is 7.65. The maximum Gasteiger partial charge on any atom is 0.0487 e. The molecule has 0 aliphatic carbocycles. The first-order valence-electron chi connectivity index (χ1n) is 3.53. The largest absolute Gasteiger partial charge is 0.396 e. The molecule has 0 atom stereocenters. The van der Waals surface area contributed by atoms with Crippen molar-refractivity contribution in [3.63, 3.8) is 0 Å². The second-order valence-electron chi connectivity index (χ2n) is 2.32. The third kappa shape index (κ3) is 2.22. The molecule has 3 nitrogen and oxygen atoms in total. The van der Waals surface area contributed by atoms with Crippen molar-refractivity contribution in [1.82, 2.24) is 0 Å². The van der Waals surface area contributed by atoms with Crippen LogP contribution in [-0.2, 0) is 6.42 Å². The van der Waals surface area contributed by atoms with Crippen LogP contribution in [0.25, 0.3) is 0 Å². The number of aliphatic hydroxyl groups is 1. The Morgan fingerprint density at radius 1 is 1.45 bits per heavy atom. The van der Waals surface area contributed by atoms with E-state index in [9.17, 15) is 0 Å². The molecule has 4 N–H and O–H groups in total. The Morgan fingerprint density at radius 3 is 2.91 bits per heavy atom. The zero-order valence-electron chi connectivity index (χ0n) is 6.25. The molecule has 0 saturated heterocycles. The van der Waals surface area contributed by atoms with E-state index in [2.05, 4.69) is 5.43 Å². The van der Waals surface area contributed by atoms with E-state index in [1.165, 1.54) is 0 Å². The molecule has 0 radical (unpaired) electrons. The molecular weight excluding hydrogens is 140 g/mol. The molecule has 0 unspecified atom stereocenters. The summed E-state index contributed by atoms with van der Waals surface area (Å²) in [6.45, 7) is 0.175. The first-order chi connectivity index (χ1) is 5.36. The van der Waals surface area contributed by atoms with Gasteiger partial charge in [-0.1, -0.05) is 12.1 Å². The Bertz CT molecular complexity index is 225. The number of aliphatic hydroxyl groups excluding tert-OH is 1. The molecule has 3 heteroatoms. The molecule has 11 heavy (non-hydrogen) atoms. The number of hydrazine groups is 1. The Balaban J connectivity index is 2.74. The molecule has 0 aliphatic heterocycles. The smallest absolute Gasteiger partial charge is 0.0487 e. The van der Waals surface area contributed by atoms with E-state index in [1.54, 1.807) is 0 Å². The molecule has 1 aromatic rings. The average Bonchev–Trinajstić information content (AvgIpc) is 2.06. The number of hydrogen-bond acceptors (Lipinski definition) is 3. The van der Waals surface area contributed by atoms with E-state index in [0.29, 0.717) is 6.42 Å². The SMILES string of the molecule is NNc1cccc(CCO)c1. The van der Waals surface area contributed by atoms with Gasteiger partial charge in [0.25, 0.3) is 0 Å². The van der Waals surface area contributed by atoms with Crippen LogP contribution < -0.4 is 11.3 Å². The van der Waals surface area contributed by atoms with Crippen LogP contribution in [0.3, 0.4) is 0 Å². The summed E-state index contributed by atoms with van der Waals surface area (Å²) in [5.74, 6) is 5.20. The van der Waals surface area contributed by atoms with Crippen LogP contribution in [0.2, 0.25) is 0 Å². The summed E-state index contributed by atoms with van der Waals surface area (Å²) < 4.78 is 0. The van der Waals surface area contributed by atoms with Gasteiger partial charge in [0.05, 0.1) is 0 Å². The van der Waals surface area contributed by atoms with Crippen molar-refractivity contribution in [3.05, 3.63) is 29.8 Å². The topological polar surface area (TPSA) is 58.3 Å². The predicted octanol–water partition coefficient (Wildman–Crippen LogP) is 0.507. The lowest BCUT2D eigenvalue weighted by atomic mass is 10.1. The number of nitrogens with two attached hydrogens (primary N) is 1. The maximum absolute atomic E-state index is 8.63. The lowest BCUT2D eigenvalue weighted by molar-refractivity contribution is 0.299. The molecule has 1 aromatic carbocycles. The first kappa shape index (κ1) is 8.04. The van der Waals surface area contributed by atoms with Crippen molar-refractivity contribution in [2.24, 2.45) is 5.84 Å². The minimum atomic E-state index is 0.175. The van der Waals surface area contributed by atoms with Crippen molar-refractivity contribution in [3.8, 4) is 0 Å². The lowest BCUT2D eigenvalue weighted by Crippen LogP contribution is -2.06. The summed E-state index contributed by atoms with van der Waals surface area (Å²) in [5.41, 5.74) is 4.50. The van der Waals surface area contributed by atoms with E-state index in [0.717, 1.165) is 11.3 Å². The Kier molecular flexibility index (Phi) is 2.89. The molecule has 1 rings (SSSR count). The second kappa shape index (κ2) is 3.95. The van der Waals surface area contributed by atoms with Gasteiger partial charge in [0.15, 0.2) is 0 Å². The van der Waals surface area contributed by atoms with Gasteiger partial charge < -0.3 is 10.5 Å². The number of nitrogen functional groups attached to an aromatic ring is 1. The summed E-state index contributed by atoms with van der Waals surface area (Å²) in [7, 11) is 0. The van der Waals surface area contributed by atoms with Crippen LogP contribution in [0.1, 0.15) is 5.56 Å². The molecule has 60 valence electrons. The highest BCUT2D eigenvalue weighted by molar-refractivity contribution is 5.44. The monoisotopic (exact) mass is 152 g/mol. The van der Waals surface area contributed by atoms with Crippen molar-refractivity contribution in [2.45, 2.75) is 6.42 Å². The molecular formula is C8H12N2O. The molecule has 0 amide bonds. The zero-order valence-corrected chi connectivity index (χ0v) is 6.25. The van der Waals surface area contributed by atoms with Gasteiger partial charge >= 0.3 is 0 Å². The van der Waals surface area contributed by atoms with Crippen molar-refractivity contribution >= 4 is 5.69 Å². The van der Waals surface area contributed by atoms with Crippen LogP contribution >= 0.6 is 0 Å². The Labute approximate surface area is 65.8 Å². The van der Waals surface area contributed by atoms with Crippen LogP contribution in [0.15, 0.2) is 24.3 Å². The predicted molar refractivity (Wildman–Crippen MR) is 45.0 cm³/mol. The van der Waals surface area contributed by atoms with Crippen LogP contribution in [0.4, 0.5) is 5.69 Å². The fourth-order valence-corrected chi connectivity index (χ4v) is 0.946. The molecule has 0 saturated carbocycles. The van der Waals surface area contributed by atoms with Gasteiger partial charge in [-0.3, -0.25) is 5.84 Å². The van der Waals surface area contributed by atoms with Crippen molar-refractivity contribution in [2.75, 3.05) is 12.0 Å². The summed E-state index contributed by atoms with van der Waals surface area (Å²) in [6.07, 6.45) is 0.676. The molecule has 0 bridgehead atoms. The van der Waals surface area contributed by atoms with Crippen LogP contribution in [-0.4, -0.2) is 11.7 Å². The number of nitrogens with one attached hydrogen (secondary N) is 1. The number of hydrogen-bond donors (Lipinski definition) is 3. The average molecular weight is 152 g/mol. The normalized spacial score (nSPS) is 9.64. The highest BCUT2D eigenvalue weighted by Crippen LogP contribution is 2.08. The van der Waals surface area contributed by atoms with Gasteiger partial charge in [-0.2, -0.15) is 0 Å². The fourth-order valence-electron chi connectivity index (χ4n) is 0.946. The molecule has 0 aromatic heterocycles. The Hall–Kier alpha value is -1.06. The van der Waals surface area contributed by atoms with Crippen molar-refractivity contribution < 1.29 is 5.11 Å².